The van der Waals surface area contributed by atoms with Gasteiger partial charge in [0.1, 0.15) is 0 Å². The molecule has 1 N–H and O–H groups in total. The Kier molecular flexibility index (Phi) is 6.21. The Labute approximate surface area is 135 Å². The van der Waals surface area contributed by atoms with Gasteiger partial charge < -0.3 is 4.55 Å². The first-order valence-corrected chi connectivity index (χ1v) is 6.79. The fourth-order valence-electron chi connectivity index (χ4n) is 1.08. The van der Waals surface area contributed by atoms with Crippen molar-refractivity contribution in [1.29, 1.82) is 0 Å². The fraction of sp³-hybridized carbons (Fsp3) is 0. The van der Waals surface area contributed by atoms with Crippen LogP contribution in [-0.2, 0) is 11.3 Å². The molecule has 5 nitrogen and oxygen atoms in total. The summed E-state index contributed by atoms with van der Waals surface area (Å²) in [5, 5.41) is 8.52. The van der Waals surface area contributed by atoms with Crippen LogP contribution in [0.4, 0.5) is 5.13 Å². The van der Waals surface area contributed by atoms with Gasteiger partial charge in [0.15, 0.2) is 5.01 Å². The van der Waals surface area contributed by atoms with Gasteiger partial charge in [-0.2, -0.15) is 0 Å². The number of halogens is 1. The van der Waals surface area contributed by atoms with E-state index in [9.17, 15) is 8.76 Å². The molecule has 1 heterocycles. The van der Waals surface area contributed by atoms with E-state index in [-0.39, 0.29) is 34.7 Å². The van der Waals surface area contributed by atoms with Crippen molar-refractivity contribution in [2.45, 2.75) is 0 Å². The predicted molar refractivity (Wildman–Crippen MR) is 71.3 cm³/mol. The van der Waals surface area contributed by atoms with Crippen LogP contribution in [0.5, 0.6) is 0 Å². The Bertz CT molecular complexity index is 537. The molecule has 1 aromatic heterocycles. The van der Waals surface area contributed by atoms with Crippen molar-refractivity contribution in [3.05, 3.63) is 28.7 Å². The summed E-state index contributed by atoms with van der Waals surface area (Å²) in [7, 11) is 0. The number of benzene rings is 1. The smallest absolute Gasteiger partial charge is 0.216 e. The molecule has 0 spiro atoms. The Morgan fingerprint density at radius 2 is 2.06 bits per heavy atom. The van der Waals surface area contributed by atoms with Gasteiger partial charge in [-0.05, 0) is 6.07 Å². The Hall–Kier alpha value is 0.170. The molecule has 0 aliphatic carbocycles. The van der Waals surface area contributed by atoms with Crippen molar-refractivity contribution in [2.75, 3.05) is 4.72 Å². The summed E-state index contributed by atoms with van der Waals surface area (Å²) in [6.07, 6.45) is 0. The summed E-state index contributed by atoms with van der Waals surface area (Å²) in [6.45, 7) is 0. The van der Waals surface area contributed by atoms with E-state index >= 15 is 0 Å². The van der Waals surface area contributed by atoms with Crippen LogP contribution in [0, 0.1) is 0 Å². The molecule has 2 rings (SSSR count). The van der Waals surface area contributed by atoms with Gasteiger partial charge in [0, 0.05) is 50.9 Å². The van der Waals surface area contributed by atoms with Gasteiger partial charge in [-0.15, -0.1) is 10.2 Å². The van der Waals surface area contributed by atoms with Crippen LogP contribution in [0.1, 0.15) is 0 Å². The molecule has 1 atom stereocenters. The number of hydrogen-bond donors (Lipinski definition) is 1. The predicted octanol–water partition coefficient (Wildman–Crippen LogP) is 1.79. The molecule has 0 fully saturated rings. The van der Waals surface area contributed by atoms with Gasteiger partial charge in [-0.3, -0.25) is 8.93 Å². The first-order valence-electron chi connectivity index (χ1n) is 4.11. The molecule has 1 radical (unpaired) electrons. The summed E-state index contributed by atoms with van der Waals surface area (Å²) in [5.41, 5.74) is 0.879. The van der Waals surface area contributed by atoms with E-state index in [2.05, 4.69) is 30.8 Å². The normalized spacial score (nSPS) is 11.6. The van der Waals surface area contributed by atoms with Crippen LogP contribution < -0.4 is 4.72 Å². The van der Waals surface area contributed by atoms with Crippen molar-refractivity contribution < 1.29 is 8.76 Å². The largest absolute Gasteiger partial charge is 0.755 e. The average molecular weight is 342 g/mol. The Morgan fingerprint density at radius 3 is 2.71 bits per heavy atom. The second kappa shape index (κ2) is 6.93. The number of hydrogen-bond acceptors (Lipinski definition) is 5. The minimum absolute atomic E-state index is 0. The second-order valence-corrected chi connectivity index (χ2v) is 5.23. The maximum absolute atomic E-state index is 10.4. The van der Waals surface area contributed by atoms with E-state index in [1.165, 1.54) is 11.3 Å². The molecule has 1 unspecified atom stereocenters. The molecule has 17 heavy (non-hydrogen) atoms. The summed E-state index contributed by atoms with van der Waals surface area (Å²) >= 11 is 2.19. The molecule has 0 aliphatic heterocycles. The van der Waals surface area contributed by atoms with Crippen LogP contribution >= 0.6 is 27.3 Å². The van der Waals surface area contributed by atoms with Gasteiger partial charge in [0.05, 0.1) is 0 Å². The van der Waals surface area contributed by atoms with E-state index in [0.29, 0.717) is 5.01 Å². The van der Waals surface area contributed by atoms with Crippen molar-refractivity contribution in [1.82, 2.24) is 10.2 Å². The zero-order chi connectivity index (χ0) is 11.5. The van der Waals surface area contributed by atoms with Crippen LogP contribution in [0.2, 0.25) is 0 Å². The third kappa shape index (κ3) is 4.09. The average Bonchev–Trinajstić information content (AvgIpc) is 2.66. The Morgan fingerprint density at radius 1 is 1.35 bits per heavy atom. The minimum Gasteiger partial charge on any atom is -0.755 e. The van der Waals surface area contributed by atoms with Crippen molar-refractivity contribution >= 4 is 73.2 Å². The second-order valence-electron chi connectivity index (χ2n) is 2.73. The van der Waals surface area contributed by atoms with Crippen LogP contribution in [0.25, 0.3) is 10.6 Å². The number of rotatable bonds is 3. The first kappa shape index (κ1) is 15.2. The van der Waals surface area contributed by atoms with Crippen molar-refractivity contribution in [3.8, 4) is 10.6 Å². The molecule has 0 saturated heterocycles. The number of nitrogens with one attached hydrogen (secondary N) is 1. The van der Waals surface area contributed by atoms with Gasteiger partial charge in [-0.1, -0.05) is 45.5 Å². The summed E-state index contributed by atoms with van der Waals surface area (Å²) in [4.78, 5) is 0. The van der Waals surface area contributed by atoms with Crippen LogP contribution in [0.15, 0.2) is 28.7 Å². The van der Waals surface area contributed by atoms with Gasteiger partial charge in [0.2, 0.25) is 5.13 Å². The summed E-state index contributed by atoms with van der Waals surface area (Å²) < 4.78 is 23.9. The maximum atomic E-state index is 10.4. The van der Waals surface area contributed by atoms with Crippen LogP contribution in [0.3, 0.4) is 0 Å². The van der Waals surface area contributed by atoms with E-state index < -0.39 is 11.3 Å². The number of nitrogens with zero attached hydrogens (tertiary/aromatic N) is 2. The van der Waals surface area contributed by atoms with E-state index in [0.717, 1.165) is 10.0 Å². The molecule has 0 saturated carbocycles. The molecule has 0 aliphatic rings. The molecule has 9 heteroatoms. The monoisotopic (exact) mass is 341 g/mol. The summed E-state index contributed by atoms with van der Waals surface area (Å²) in [5.74, 6) is 0. The van der Waals surface area contributed by atoms with Crippen molar-refractivity contribution in [3.63, 3.8) is 0 Å². The topological polar surface area (TPSA) is 77.9 Å². The van der Waals surface area contributed by atoms with Gasteiger partial charge >= 0.3 is 0 Å². The Balaban J connectivity index is 0.00000144. The molecule has 0 amide bonds. The molecule has 85 valence electrons. The standard InChI is InChI=1S/C8H6BrN3O2S2.Na/c9-6-4-2-1-3-5(6)7-10-11-8(15-7)12-16(13)14;/h1-4H,(H,11,12)(H,13,14);/p-1. The molecular weight excluding hydrogens is 337 g/mol. The number of anilines is 1. The quantitative estimate of drug-likeness (QED) is 0.681. The molecular formula is C8H5BrN3NaO2S2-. The zero-order valence-corrected chi connectivity index (χ0v) is 13.9. The molecule has 1 aromatic carbocycles. The van der Waals surface area contributed by atoms with Crippen molar-refractivity contribution in [2.24, 2.45) is 0 Å². The van der Waals surface area contributed by atoms with Gasteiger partial charge in [-0.25, -0.2) is 0 Å². The maximum Gasteiger partial charge on any atom is 0.216 e. The third-order valence-corrected chi connectivity index (χ3v) is 3.75. The molecule has 2 aromatic rings. The van der Waals surface area contributed by atoms with Crippen LogP contribution in [-0.4, -0.2) is 48.5 Å². The molecule has 0 bridgehead atoms. The fourth-order valence-corrected chi connectivity index (χ4v) is 2.87. The van der Waals surface area contributed by atoms with Gasteiger partial charge in [0.25, 0.3) is 0 Å². The first-order chi connectivity index (χ1) is 7.66. The third-order valence-electron chi connectivity index (χ3n) is 1.70. The summed E-state index contributed by atoms with van der Waals surface area (Å²) in [6, 6.07) is 7.53. The van der Waals surface area contributed by atoms with E-state index in [1.807, 2.05) is 24.3 Å². The minimum atomic E-state index is -2.37. The number of aromatic nitrogens is 2. The van der Waals surface area contributed by atoms with E-state index in [4.69, 9.17) is 0 Å². The zero-order valence-electron chi connectivity index (χ0n) is 8.71. The SMILES string of the molecule is O=S([O-])Nc1nnc(-c2ccccc2Br)s1.[Na]. The van der Waals surface area contributed by atoms with E-state index in [1.54, 1.807) is 0 Å².